The maximum absolute atomic E-state index is 13.8. The second-order valence-corrected chi connectivity index (χ2v) is 4.94. The van der Waals surface area contributed by atoms with E-state index in [2.05, 4.69) is 17.2 Å². The molecule has 6 nitrogen and oxygen atoms in total. The number of benzene rings is 2. The molecule has 0 saturated carbocycles. The van der Waals surface area contributed by atoms with E-state index < -0.39 is 22.5 Å². The van der Waals surface area contributed by atoms with Crippen molar-refractivity contribution in [3.05, 3.63) is 75.6 Å². The molecule has 1 amide bonds. The first kappa shape index (κ1) is 17.9. The van der Waals surface area contributed by atoms with Gasteiger partial charge >= 0.3 is 11.8 Å². The van der Waals surface area contributed by atoms with Gasteiger partial charge in [-0.05, 0) is 11.6 Å². The quantitative estimate of drug-likeness (QED) is 0.391. The van der Waals surface area contributed by atoms with Crippen molar-refractivity contribution in [3.63, 3.8) is 0 Å². The maximum atomic E-state index is 13.8. The lowest BCUT2D eigenvalue weighted by Crippen LogP contribution is -2.24. The van der Waals surface area contributed by atoms with Gasteiger partial charge < -0.3 is 10.1 Å². The third kappa shape index (κ3) is 5.62. The smallest absolute Gasteiger partial charge is 0.407 e. The topological polar surface area (TPSA) is 81.5 Å². The summed E-state index contributed by atoms with van der Waals surface area (Å²) in [7, 11) is 0. The molecule has 0 unspecified atom stereocenters. The number of hydrogen-bond donors (Lipinski definition) is 1. The minimum absolute atomic E-state index is 0.0548. The van der Waals surface area contributed by atoms with Crippen LogP contribution in [0.4, 0.5) is 14.9 Å². The number of nitrogens with one attached hydrogen (secondary N) is 1. The highest BCUT2D eigenvalue weighted by Gasteiger charge is 2.15. The molecule has 0 aliphatic carbocycles. The molecule has 0 aromatic heterocycles. The fourth-order valence-corrected chi connectivity index (χ4v) is 1.92. The van der Waals surface area contributed by atoms with Crippen molar-refractivity contribution in [2.75, 3.05) is 6.54 Å². The Kier molecular flexibility index (Phi) is 6.48. The highest BCUT2D eigenvalue weighted by molar-refractivity contribution is 5.67. The first-order valence-corrected chi connectivity index (χ1v) is 7.44. The first-order chi connectivity index (χ1) is 12.1. The molecule has 25 heavy (non-hydrogen) atoms. The number of nitrogens with zero attached hydrogens (tertiary/aromatic N) is 1. The summed E-state index contributed by atoms with van der Waals surface area (Å²) >= 11 is 0. The van der Waals surface area contributed by atoms with Gasteiger partial charge in [-0.25, -0.2) is 4.79 Å². The van der Waals surface area contributed by atoms with E-state index in [0.29, 0.717) is 0 Å². The molecule has 2 aromatic rings. The van der Waals surface area contributed by atoms with E-state index in [1.165, 1.54) is 12.1 Å². The van der Waals surface area contributed by atoms with Gasteiger partial charge in [-0.15, -0.1) is 0 Å². The van der Waals surface area contributed by atoms with Crippen LogP contribution in [0, 0.1) is 27.8 Å². The molecule has 0 fully saturated rings. The summed E-state index contributed by atoms with van der Waals surface area (Å²) in [5, 5.41) is 13.2. The second kappa shape index (κ2) is 9.03. The Morgan fingerprint density at radius 2 is 1.96 bits per heavy atom. The van der Waals surface area contributed by atoms with Crippen LogP contribution >= 0.6 is 0 Å². The van der Waals surface area contributed by atoms with Crippen LogP contribution in [0.3, 0.4) is 0 Å². The van der Waals surface area contributed by atoms with Gasteiger partial charge in [0.2, 0.25) is 5.82 Å². The summed E-state index contributed by atoms with van der Waals surface area (Å²) in [5.74, 6) is 4.21. The number of carbonyl (C=O) groups is 1. The number of hydrogen-bond acceptors (Lipinski definition) is 4. The molecule has 1 N–H and O–H groups in total. The average Bonchev–Trinajstić information content (AvgIpc) is 2.61. The molecule has 0 atom stereocenters. The third-order valence-electron chi connectivity index (χ3n) is 3.13. The Hall–Kier alpha value is -3.40. The molecule has 7 heteroatoms. The van der Waals surface area contributed by atoms with Crippen molar-refractivity contribution in [1.82, 2.24) is 5.32 Å². The lowest BCUT2D eigenvalue weighted by molar-refractivity contribution is -0.387. The third-order valence-corrected chi connectivity index (χ3v) is 3.13. The van der Waals surface area contributed by atoms with Crippen LogP contribution < -0.4 is 5.32 Å². The van der Waals surface area contributed by atoms with E-state index in [9.17, 15) is 19.3 Å². The number of alkyl carbamates (subject to hydrolysis) is 1. The van der Waals surface area contributed by atoms with E-state index in [-0.39, 0.29) is 25.1 Å². The van der Waals surface area contributed by atoms with Gasteiger partial charge in [0, 0.05) is 19.0 Å². The monoisotopic (exact) mass is 342 g/mol. The van der Waals surface area contributed by atoms with Gasteiger partial charge in [0.1, 0.15) is 6.61 Å². The summed E-state index contributed by atoms with van der Waals surface area (Å²) in [5.41, 5.74) is 0.203. The van der Waals surface area contributed by atoms with Crippen molar-refractivity contribution >= 4 is 11.8 Å². The number of nitro groups is 1. The van der Waals surface area contributed by atoms with Crippen LogP contribution in [0.25, 0.3) is 0 Å². The molecule has 0 saturated heterocycles. The molecule has 0 aliphatic rings. The Balaban J connectivity index is 1.76. The standard InChI is InChI=1S/C18H15FN2O4/c19-17-15(10-6-11-16(17)21(23)24)9-4-5-12-20-18(22)25-13-14-7-2-1-3-8-14/h1-3,6-8,10-11H,5,12-13H2,(H,20,22). The predicted octanol–water partition coefficient (Wildman–Crippen LogP) is 3.40. The number of amides is 1. The Bertz CT molecular complexity index is 813. The number of ether oxygens (including phenoxy) is 1. The number of nitro benzene ring substituents is 1. The summed E-state index contributed by atoms with van der Waals surface area (Å²) in [6, 6.07) is 13.0. The van der Waals surface area contributed by atoms with Crippen molar-refractivity contribution in [2.45, 2.75) is 13.0 Å². The number of halogens is 1. The van der Waals surface area contributed by atoms with Gasteiger partial charge in [0.05, 0.1) is 10.5 Å². The van der Waals surface area contributed by atoms with Crippen molar-refractivity contribution in [3.8, 4) is 11.8 Å². The fraction of sp³-hybridized carbons (Fsp3) is 0.167. The SMILES string of the molecule is O=C(NCCC#Cc1cccc([N+](=O)[O-])c1F)OCc1ccccc1. The van der Waals surface area contributed by atoms with Crippen molar-refractivity contribution in [2.24, 2.45) is 0 Å². The Labute approximate surface area is 143 Å². The number of carbonyl (C=O) groups excluding carboxylic acids is 1. The zero-order valence-corrected chi connectivity index (χ0v) is 13.2. The molecule has 2 aromatic carbocycles. The summed E-state index contributed by atoms with van der Waals surface area (Å²) in [4.78, 5) is 21.4. The number of rotatable bonds is 5. The van der Waals surface area contributed by atoms with Gasteiger partial charge in [-0.3, -0.25) is 10.1 Å². The maximum Gasteiger partial charge on any atom is 0.407 e. The lowest BCUT2D eigenvalue weighted by Gasteiger charge is -2.05. The van der Waals surface area contributed by atoms with Crippen molar-refractivity contribution < 1.29 is 18.8 Å². The Morgan fingerprint density at radius 1 is 1.20 bits per heavy atom. The van der Waals surface area contributed by atoms with E-state index >= 15 is 0 Å². The zero-order chi connectivity index (χ0) is 18.1. The van der Waals surface area contributed by atoms with Crippen LogP contribution in [0.2, 0.25) is 0 Å². The minimum atomic E-state index is -0.963. The molecule has 0 spiro atoms. The molecule has 0 bridgehead atoms. The Morgan fingerprint density at radius 3 is 2.68 bits per heavy atom. The summed E-state index contributed by atoms with van der Waals surface area (Å²) in [6.07, 6.45) is -0.324. The highest BCUT2D eigenvalue weighted by Crippen LogP contribution is 2.19. The zero-order valence-electron chi connectivity index (χ0n) is 13.2. The normalized spacial score (nSPS) is 9.64. The molecule has 0 heterocycles. The van der Waals surface area contributed by atoms with Crippen LogP contribution in [-0.2, 0) is 11.3 Å². The highest BCUT2D eigenvalue weighted by atomic mass is 19.1. The predicted molar refractivity (Wildman–Crippen MR) is 89.2 cm³/mol. The second-order valence-electron chi connectivity index (χ2n) is 4.94. The largest absolute Gasteiger partial charge is 0.445 e. The molecular formula is C18H15FN2O4. The van der Waals surface area contributed by atoms with E-state index in [1.54, 1.807) is 0 Å². The average molecular weight is 342 g/mol. The molecule has 128 valence electrons. The molecule has 0 aliphatic heterocycles. The fourth-order valence-electron chi connectivity index (χ4n) is 1.92. The van der Waals surface area contributed by atoms with Gasteiger partial charge in [0.15, 0.2) is 0 Å². The van der Waals surface area contributed by atoms with E-state index in [1.807, 2.05) is 30.3 Å². The minimum Gasteiger partial charge on any atom is -0.445 e. The summed E-state index contributed by atoms with van der Waals surface area (Å²) in [6.45, 7) is 0.383. The van der Waals surface area contributed by atoms with Crippen molar-refractivity contribution in [1.29, 1.82) is 0 Å². The van der Waals surface area contributed by atoms with Crippen LogP contribution in [-0.4, -0.2) is 17.6 Å². The van der Waals surface area contributed by atoms with Gasteiger partial charge in [0.25, 0.3) is 0 Å². The van der Waals surface area contributed by atoms with Crippen LogP contribution in [0.15, 0.2) is 48.5 Å². The lowest BCUT2D eigenvalue weighted by atomic mass is 10.2. The van der Waals surface area contributed by atoms with Gasteiger partial charge in [-0.2, -0.15) is 4.39 Å². The van der Waals surface area contributed by atoms with E-state index in [0.717, 1.165) is 11.6 Å². The summed E-state index contributed by atoms with van der Waals surface area (Å²) < 4.78 is 18.8. The van der Waals surface area contributed by atoms with Crippen LogP contribution in [0.1, 0.15) is 17.5 Å². The van der Waals surface area contributed by atoms with Crippen LogP contribution in [0.5, 0.6) is 0 Å². The first-order valence-electron chi connectivity index (χ1n) is 7.44. The molecule has 2 rings (SSSR count). The molecule has 0 radical (unpaired) electrons. The van der Waals surface area contributed by atoms with Gasteiger partial charge in [-0.1, -0.05) is 48.2 Å². The molecular weight excluding hydrogens is 327 g/mol. The van der Waals surface area contributed by atoms with E-state index in [4.69, 9.17) is 4.74 Å².